The van der Waals surface area contributed by atoms with Gasteiger partial charge >= 0.3 is 5.97 Å². The lowest BCUT2D eigenvalue weighted by Crippen LogP contribution is -2.33. The first kappa shape index (κ1) is 21.9. The molecule has 0 fully saturated rings. The van der Waals surface area contributed by atoms with Gasteiger partial charge in [-0.1, -0.05) is 66.7 Å². The number of halogens is 1. The minimum Gasteiger partial charge on any atom is -0.458 e. The maximum Gasteiger partial charge on any atom is 0.331 e. The summed E-state index contributed by atoms with van der Waals surface area (Å²) < 4.78 is 6.41. The van der Waals surface area contributed by atoms with E-state index >= 15 is 0 Å². The molecule has 1 atom stereocenters. The molecule has 154 valence electrons. The zero-order valence-electron chi connectivity index (χ0n) is 17.4. The van der Waals surface area contributed by atoms with Crippen molar-refractivity contribution in [3.63, 3.8) is 0 Å². The van der Waals surface area contributed by atoms with Gasteiger partial charge in [-0.05, 0) is 48.3 Å². The summed E-state index contributed by atoms with van der Waals surface area (Å²) in [6, 6.07) is 22.9. The van der Waals surface area contributed by atoms with E-state index in [0.29, 0.717) is 11.0 Å². The van der Waals surface area contributed by atoms with E-state index in [1.807, 2.05) is 93.6 Å². The lowest BCUT2D eigenvalue weighted by Gasteiger charge is -2.23. The molecule has 2 aromatic carbocycles. The minimum atomic E-state index is -0.708. The van der Waals surface area contributed by atoms with Gasteiger partial charge in [-0.15, -0.1) is 0 Å². The second-order valence-electron chi connectivity index (χ2n) is 7.92. The Labute approximate surface area is 186 Å². The van der Waals surface area contributed by atoms with Crippen LogP contribution < -0.4 is 0 Å². The molecule has 4 nitrogen and oxygen atoms in total. The predicted octanol–water partition coefficient (Wildman–Crippen LogP) is 5.63. The number of aliphatic imine (C=N–C) groups is 1. The Kier molecular flexibility index (Phi) is 7.16. The summed E-state index contributed by atoms with van der Waals surface area (Å²) in [5.41, 5.74) is 2.95. The fourth-order valence-electron chi connectivity index (χ4n) is 2.99. The van der Waals surface area contributed by atoms with Gasteiger partial charge in [0.25, 0.3) is 0 Å². The Morgan fingerprint density at radius 2 is 1.53 bits per heavy atom. The van der Waals surface area contributed by atoms with Gasteiger partial charge < -0.3 is 4.74 Å². The molecule has 0 radical (unpaired) electrons. The Balaban J connectivity index is 2.08. The van der Waals surface area contributed by atoms with Crippen LogP contribution in [0.25, 0.3) is 0 Å². The van der Waals surface area contributed by atoms with E-state index < -0.39 is 11.6 Å². The zero-order chi connectivity index (χ0) is 21.6. The quantitative estimate of drug-likeness (QED) is 0.269. The summed E-state index contributed by atoms with van der Waals surface area (Å²) in [5, 5.41) is 0. The number of rotatable bonds is 6. The van der Waals surface area contributed by atoms with Crippen molar-refractivity contribution in [3.8, 4) is 0 Å². The predicted molar refractivity (Wildman–Crippen MR) is 124 cm³/mol. The van der Waals surface area contributed by atoms with Crippen molar-refractivity contribution < 1.29 is 9.53 Å². The highest BCUT2D eigenvalue weighted by atomic mass is 79.9. The number of esters is 1. The van der Waals surface area contributed by atoms with E-state index in [4.69, 9.17) is 9.73 Å². The maximum absolute atomic E-state index is 13.1. The van der Waals surface area contributed by atoms with Crippen molar-refractivity contribution in [2.45, 2.75) is 38.8 Å². The molecule has 0 N–H and O–H groups in total. The van der Waals surface area contributed by atoms with Gasteiger partial charge in [0.1, 0.15) is 10.2 Å². The van der Waals surface area contributed by atoms with Crippen molar-refractivity contribution in [3.05, 3.63) is 100 Å². The number of hydrogen-bond acceptors (Lipinski definition) is 4. The van der Waals surface area contributed by atoms with Crippen molar-refractivity contribution in [2.75, 3.05) is 0 Å². The van der Waals surface area contributed by atoms with E-state index in [2.05, 4.69) is 20.9 Å². The van der Waals surface area contributed by atoms with Crippen molar-refractivity contribution in [1.82, 2.24) is 4.98 Å². The van der Waals surface area contributed by atoms with Crippen LogP contribution in [-0.4, -0.2) is 28.3 Å². The summed E-state index contributed by atoms with van der Waals surface area (Å²) in [4.78, 5) is 22.3. The number of benzene rings is 2. The molecule has 0 amide bonds. The number of nitrogens with zero attached hydrogens (tertiary/aromatic N) is 2. The lowest BCUT2D eigenvalue weighted by molar-refractivity contribution is -0.156. The summed E-state index contributed by atoms with van der Waals surface area (Å²) in [6.45, 7) is 5.59. The fraction of sp³-hybridized carbons (Fsp3) is 0.240. The normalized spacial score (nSPS) is 12.1. The maximum atomic E-state index is 13.1. The summed E-state index contributed by atoms with van der Waals surface area (Å²) >= 11 is 3.48. The van der Waals surface area contributed by atoms with E-state index in [-0.39, 0.29) is 5.97 Å². The number of hydrogen-bond donors (Lipinski definition) is 0. The highest BCUT2D eigenvalue weighted by Gasteiger charge is 2.27. The number of pyridine rings is 1. The van der Waals surface area contributed by atoms with E-state index in [9.17, 15) is 4.79 Å². The van der Waals surface area contributed by atoms with Crippen LogP contribution in [0.2, 0.25) is 0 Å². The van der Waals surface area contributed by atoms with Gasteiger partial charge in [0.2, 0.25) is 0 Å². The highest BCUT2D eigenvalue weighted by Crippen LogP contribution is 2.20. The van der Waals surface area contributed by atoms with Gasteiger partial charge in [-0.2, -0.15) is 0 Å². The smallest absolute Gasteiger partial charge is 0.331 e. The van der Waals surface area contributed by atoms with Crippen LogP contribution >= 0.6 is 15.9 Å². The van der Waals surface area contributed by atoms with Crippen LogP contribution in [0.5, 0.6) is 0 Å². The molecule has 0 saturated heterocycles. The Bertz CT molecular complexity index is 971. The molecule has 0 saturated carbocycles. The van der Waals surface area contributed by atoms with Gasteiger partial charge in [0, 0.05) is 23.7 Å². The van der Waals surface area contributed by atoms with Crippen molar-refractivity contribution >= 4 is 27.6 Å². The van der Waals surface area contributed by atoms with Gasteiger partial charge in [-0.3, -0.25) is 4.99 Å². The van der Waals surface area contributed by atoms with Gasteiger partial charge in [0.15, 0.2) is 6.04 Å². The topological polar surface area (TPSA) is 51.5 Å². The van der Waals surface area contributed by atoms with Crippen molar-refractivity contribution in [2.24, 2.45) is 4.99 Å². The fourth-order valence-corrected chi connectivity index (χ4v) is 3.41. The molecule has 0 aliphatic heterocycles. The standard InChI is InChI=1S/C25H25BrN2O2/c1-25(2,3)30-24(29)21(17-20-15-10-16-27-23(20)26)28-22(18-11-6-4-7-12-18)19-13-8-5-9-14-19/h4-16,21H,17H2,1-3H3. The third kappa shape index (κ3) is 6.10. The number of aromatic nitrogens is 1. The van der Waals surface area contributed by atoms with Crippen LogP contribution in [0, 0.1) is 0 Å². The highest BCUT2D eigenvalue weighted by molar-refractivity contribution is 9.10. The van der Waals surface area contributed by atoms with Gasteiger partial charge in [0.05, 0.1) is 5.71 Å². The molecule has 1 unspecified atom stereocenters. The largest absolute Gasteiger partial charge is 0.458 e. The third-order valence-electron chi connectivity index (χ3n) is 4.31. The third-order valence-corrected chi connectivity index (χ3v) is 5.02. The average molecular weight is 465 g/mol. The molecule has 3 rings (SSSR count). The number of ether oxygens (including phenoxy) is 1. The van der Waals surface area contributed by atoms with Crippen LogP contribution in [0.3, 0.4) is 0 Å². The first-order valence-corrected chi connectivity index (χ1v) is 10.6. The Morgan fingerprint density at radius 1 is 0.967 bits per heavy atom. The molecular formula is C25H25BrN2O2. The molecule has 3 aromatic rings. The zero-order valence-corrected chi connectivity index (χ0v) is 19.0. The molecule has 30 heavy (non-hydrogen) atoms. The second kappa shape index (κ2) is 9.81. The van der Waals surface area contributed by atoms with E-state index in [0.717, 1.165) is 22.4 Å². The molecule has 1 heterocycles. The average Bonchev–Trinajstić information content (AvgIpc) is 2.72. The molecule has 0 aliphatic rings. The van der Waals surface area contributed by atoms with Gasteiger partial charge in [-0.25, -0.2) is 9.78 Å². The molecular weight excluding hydrogens is 440 g/mol. The van der Waals surface area contributed by atoms with E-state index in [1.165, 1.54) is 0 Å². The van der Waals surface area contributed by atoms with Crippen LogP contribution in [0.15, 0.2) is 88.6 Å². The Hall–Kier alpha value is -2.79. The van der Waals surface area contributed by atoms with Crippen LogP contribution in [-0.2, 0) is 16.0 Å². The summed E-state index contributed by atoms with van der Waals surface area (Å²) in [6.07, 6.45) is 2.09. The molecule has 0 spiro atoms. The van der Waals surface area contributed by atoms with Crippen molar-refractivity contribution in [1.29, 1.82) is 0 Å². The Morgan fingerprint density at radius 3 is 2.03 bits per heavy atom. The molecule has 0 bridgehead atoms. The molecule has 1 aromatic heterocycles. The first-order chi connectivity index (χ1) is 14.3. The lowest BCUT2D eigenvalue weighted by atomic mass is 10.0. The number of carbonyl (C=O) groups excluding carboxylic acids is 1. The van der Waals surface area contributed by atoms with E-state index in [1.54, 1.807) is 6.20 Å². The molecule has 5 heteroatoms. The SMILES string of the molecule is CC(C)(C)OC(=O)C(Cc1cccnc1Br)N=C(c1ccccc1)c1ccccc1. The number of carbonyl (C=O) groups is 1. The minimum absolute atomic E-state index is 0.359. The first-order valence-electron chi connectivity index (χ1n) is 9.84. The molecule has 0 aliphatic carbocycles. The van der Waals surface area contributed by atoms with Crippen LogP contribution in [0.4, 0.5) is 0 Å². The summed E-state index contributed by atoms with van der Waals surface area (Å²) in [5.74, 6) is -0.359. The summed E-state index contributed by atoms with van der Waals surface area (Å²) in [7, 11) is 0. The van der Waals surface area contributed by atoms with Crippen LogP contribution in [0.1, 0.15) is 37.5 Å². The monoisotopic (exact) mass is 464 g/mol. The second-order valence-corrected chi connectivity index (χ2v) is 8.67.